The molecule has 2 aliphatic rings. The quantitative estimate of drug-likeness (QED) is 0.545. The van der Waals surface area contributed by atoms with Crippen LogP contribution < -0.4 is 5.32 Å². The highest BCUT2D eigenvalue weighted by atomic mass is 35.5. The molecule has 1 aromatic carbocycles. The zero-order valence-electron chi connectivity index (χ0n) is 19.2. The van der Waals surface area contributed by atoms with Gasteiger partial charge in [-0.25, -0.2) is 0 Å². The largest absolute Gasteiger partial charge is 0.356 e. The topological polar surface area (TPSA) is 74.5 Å². The van der Waals surface area contributed by atoms with Crippen LogP contribution in [0, 0.1) is 11.8 Å². The highest BCUT2D eigenvalue weighted by Crippen LogP contribution is 2.28. The van der Waals surface area contributed by atoms with Crippen LogP contribution in [0.5, 0.6) is 0 Å². The molecule has 2 fully saturated rings. The summed E-state index contributed by atoms with van der Waals surface area (Å²) < 4.78 is 5.45. The Morgan fingerprint density at radius 2 is 2.00 bits per heavy atom. The molecule has 4 rings (SSSR count). The first kappa shape index (κ1) is 24.5. The van der Waals surface area contributed by atoms with Crippen molar-refractivity contribution in [1.82, 2.24) is 25.3 Å². The summed E-state index contributed by atoms with van der Waals surface area (Å²) in [6.45, 7) is 8.66. The Kier molecular flexibility index (Phi) is 8.63. The molecule has 9 heteroatoms. The van der Waals surface area contributed by atoms with E-state index < -0.39 is 0 Å². The fourth-order valence-electron chi connectivity index (χ4n) is 4.85. The Hall–Kier alpha value is -1.67. The van der Waals surface area contributed by atoms with E-state index in [1.807, 2.05) is 0 Å². The Morgan fingerprint density at radius 3 is 2.82 bits per heavy atom. The number of carbonyl (C=O) groups excluding carboxylic acids is 1. The van der Waals surface area contributed by atoms with E-state index in [2.05, 4.69) is 32.2 Å². The van der Waals surface area contributed by atoms with Crippen molar-refractivity contribution in [3.05, 3.63) is 34.1 Å². The summed E-state index contributed by atoms with van der Waals surface area (Å²) in [5.41, 5.74) is 0.686. The van der Waals surface area contributed by atoms with Crippen molar-refractivity contribution in [2.45, 2.75) is 45.6 Å². The van der Waals surface area contributed by atoms with E-state index in [0.29, 0.717) is 40.4 Å². The second-order valence-electron chi connectivity index (χ2n) is 9.40. The molecule has 33 heavy (non-hydrogen) atoms. The second-order valence-corrected chi connectivity index (χ2v) is 10.2. The standard InChI is InChI=1S/C24H33Cl2N5O2/c1-17-5-2-10-30(14-17)12-4-9-27-24(32)18-6-3-11-31(15-18)16-22-28-23(29-33-22)20-8-7-19(25)13-21(20)26/h7-8,13,17-18H,2-6,9-12,14-16H2,1H3,(H,27,32). The first-order chi connectivity index (χ1) is 16.0. The van der Waals surface area contributed by atoms with E-state index in [-0.39, 0.29) is 11.8 Å². The molecule has 7 nitrogen and oxygen atoms in total. The van der Waals surface area contributed by atoms with Crippen LogP contribution in [0.2, 0.25) is 10.0 Å². The minimum Gasteiger partial charge on any atom is -0.356 e. The molecule has 0 spiro atoms. The zero-order valence-corrected chi connectivity index (χ0v) is 20.7. The summed E-state index contributed by atoms with van der Waals surface area (Å²) in [5, 5.41) is 8.27. The van der Waals surface area contributed by atoms with Gasteiger partial charge in [0.1, 0.15) is 0 Å². The molecule has 0 radical (unpaired) electrons. The van der Waals surface area contributed by atoms with Crippen LogP contribution in [0.3, 0.4) is 0 Å². The molecule has 1 amide bonds. The van der Waals surface area contributed by atoms with Crippen LogP contribution in [0.1, 0.15) is 44.9 Å². The Bertz CT molecular complexity index is 937. The average Bonchev–Trinajstić information content (AvgIpc) is 3.25. The maximum absolute atomic E-state index is 12.7. The van der Waals surface area contributed by atoms with Crippen molar-refractivity contribution >= 4 is 29.1 Å². The Morgan fingerprint density at radius 1 is 1.18 bits per heavy atom. The minimum absolute atomic E-state index is 0.00172. The Labute approximate surface area is 205 Å². The molecule has 2 aromatic rings. The average molecular weight is 494 g/mol. The van der Waals surface area contributed by atoms with Gasteiger partial charge in [0.15, 0.2) is 0 Å². The molecule has 180 valence electrons. The van der Waals surface area contributed by atoms with Gasteiger partial charge < -0.3 is 14.7 Å². The highest BCUT2D eigenvalue weighted by molar-refractivity contribution is 6.36. The second kappa shape index (κ2) is 11.6. The first-order valence-corrected chi connectivity index (χ1v) is 12.7. The van der Waals surface area contributed by atoms with Crippen LogP contribution in [-0.4, -0.2) is 65.1 Å². The van der Waals surface area contributed by atoms with Gasteiger partial charge >= 0.3 is 0 Å². The van der Waals surface area contributed by atoms with Crippen LogP contribution in [0.15, 0.2) is 22.7 Å². The van der Waals surface area contributed by atoms with Gasteiger partial charge in [-0.3, -0.25) is 9.69 Å². The zero-order chi connectivity index (χ0) is 23.2. The van der Waals surface area contributed by atoms with E-state index in [4.69, 9.17) is 27.7 Å². The SMILES string of the molecule is CC1CCCN(CCCNC(=O)C2CCCN(Cc3nc(-c4ccc(Cl)cc4Cl)no3)C2)C1. The normalized spacial score (nSPS) is 22.4. The number of hydrogen-bond donors (Lipinski definition) is 1. The van der Waals surface area contributed by atoms with Gasteiger partial charge in [0.05, 0.1) is 17.5 Å². The minimum atomic E-state index is 0.00172. The molecular formula is C24H33Cl2N5O2. The van der Waals surface area contributed by atoms with E-state index >= 15 is 0 Å². The maximum atomic E-state index is 12.7. The van der Waals surface area contributed by atoms with Crippen LogP contribution >= 0.6 is 23.2 Å². The first-order valence-electron chi connectivity index (χ1n) is 12.0. The number of piperidine rings is 2. The fraction of sp³-hybridized carbons (Fsp3) is 0.625. The summed E-state index contributed by atoms with van der Waals surface area (Å²) in [4.78, 5) is 22.0. The monoisotopic (exact) mass is 493 g/mol. The number of benzene rings is 1. The van der Waals surface area contributed by atoms with Gasteiger partial charge in [-0.1, -0.05) is 35.3 Å². The number of carbonyl (C=O) groups is 1. The van der Waals surface area contributed by atoms with Gasteiger partial charge in [0.25, 0.3) is 0 Å². The van der Waals surface area contributed by atoms with Crippen molar-refractivity contribution < 1.29 is 9.32 Å². The molecule has 2 unspecified atom stereocenters. The third-order valence-electron chi connectivity index (χ3n) is 6.57. The van der Waals surface area contributed by atoms with E-state index in [0.717, 1.165) is 44.8 Å². The van der Waals surface area contributed by atoms with E-state index in [9.17, 15) is 4.79 Å². The van der Waals surface area contributed by atoms with Crippen molar-refractivity contribution in [3.8, 4) is 11.4 Å². The number of nitrogens with one attached hydrogen (secondary N) is 1. The molecule has 2 aliphatic heterocycles. The number of aromatic nitrogens is 2. The lowest BCUT2D eigenvalue weighted by atomic mass is 9.97. The molecule has 1 N–H and O–H groups in total. The molecule has 2 atom stereocenters. The number of nitrogens with zero attached hydrogens (tertiary/aromatic N) is 4. The summed E-state index contributed by atoms with van der Waals surface area (Å²) >= 11 is 12.2. The number of rotatable bonds is 8. The summed E-state index contributed by atoms with van der Waals surface area (Å²) in [7, 11) is 0. The van der Waals surface area contributed by atoms with Gasteiger partial charge in [-0.15, -0.1) is 0 Å². The van der Waals surface area contributed by atoms with Gasteiger partial charge in [-0.05, 0) is 75.9 Å². The van der Waals surface area contributed by atoms with E-state index in [1.54, 1.807) is 18.2 Å². The van der Waals surface area contributed by atoms with Crippen molar-refractivity contribution in [3.63, 3.8) is 0 Å². The van der Waals surface area contributed by atoms with Gasteiger partial charge in [-0.2, -0.15) is 4.98 Å². The van der Waals surface area contributed by atoms with E-state index in [1.165, 1.54) is 25.9 Å². The van der Waals surface area contributed by atoms with Gasteiger partial charge in [0, 0.05) is 30.2 Å². The van der Waals surface area contributed by atoms with Crippen LogP contribution in [-0.2, 0) is 11.3 Å². The van der Waals surface area contributed by atoms with Crippen LogP contribution in [0.4, 0.5) is 0 Å². The lowest BCUT2D eigenvalue weighted by Gasteiger charge is -2.31. The summed E-state index contributed by atoms with van der Waals surface area (Å²) in [6.07, 6.45) is 5.53. The van der Waals surface area contributed by atoms with Crippen molar-refractivity contribution in [2.75, 3.05) is 39.3 Å². The fourth-order valence-corrected chi connectivity index (χ4v) is 5.35. The lowest BCUT2D eigenvalue weighted by Crippen LogP contribution is -2.43. The maximum Gasteiger partial charge on any atom is 0.241 e. The van der Waals surface area contributed by atoms with Gasteiger partial charge in [0.2, 0.25) is 17.6 Å². The molecule has 1 aromatic heterocycles. The predicted molar refractivity (Wildman–Crippen MR) is 130 cm³/mol. The highest BCUT2D eigenvalue weighted by Gasteiger charge is 2.27. The number of halogens is 2. The third kappa shape index (κ3) is 6.92. The Balaban J connectivity index is 1.22. The number of likely N-dealkylation sites (tertiary alicyclic amines) is 2. The lowest BCUT2D eigenvalue weighted by molar-refractivity contribution is -0.126. The molecule has 0 bridgehead atoms. The molecule has 0 aliphatic carbocycles. The molecule has 0 saturated carbocycles. The smallest absolute Gasteiger partial charge is 0.241 e. The number of amides is 1. The molecule has 3 heterocycles. The summed E-state index contributed by atoms with van der Waals surface area (Å²) in [5.74, 6) is 1.92. The van der Waals surface area contributed by atoms with Crippen molar-refractivity contribution in [2.24, 2.45) is 11.8 Å². The number of hydrogen-bond acceptors (Lipinski definition) is 6. The molecular weight excluding hydrogens is 461 g/mol. The van der Waals surface area contributed by atoms with Crippen molar-refractivity contribution in [1.29, 1.82) is 0 Å². The third-order valence-corrected chi connectivity index (χ3v) is 7.11. The predicted octanol–water partition coefficient (Wildman–Crippen LogP) is 4.49. The molecule has 2 saturated heterocycles. The van der Waals surface area contributed by atoms with Crippen LogP contribution in [0.25, 0.3) is 11.4 Å². The summed E-state index contributed by atoms with van der Waals surface area (Å²) in [6, 6.07) is 5.20.